The van der Waals surface area contributed by atoms with E-state index in [1.165, 1.54) is 11.1 Å². The quantitative estimate of drug-likeness (QED) is 0.547. The molecule has 0 saturated heterocycles. The predicted molar refractivity (Wildman–Crippen MR) is 96.3 cm³/mol. The first kappa shape index (κ1) is 16.4. The van der Waals surface area contributed by atoms with E-state index < -0.39 is 0 Å². The van der Waals surface area contributed by atoms with Gasteiger partial charge in [0.1, 0.15) is 0 Å². The summed E-state index contributed by atoms with van der Waals surface area (Å²) in [5.74, 6) is 6.70. The molecule has 0 aliphatic rings. The van der Waals surface area contributed by atoms with Crippen molar-refractivity contribution in [2.45, 2.75) is 52.4 Å². The van der Waals surface area contributed by atoms with Crippen LogP contribution in [0.5, 0.6) is 0 Å². The average Bonchev–Trinajstić information content (AvgIpc) is 2.44. The van der Waals surface area contributed by atoms with Crippen molar-refractivity contribution in [3.8, 4) is 11.8 Å². The second kappa shape index (κ2) is 6.01. The minimum atomic E-state index is 0.0740. The maximum Gasteiger partial charge on any atom is 0.0289 e. The van der Waals surface area contributed by atoms with Crippen LogP contribution in [0, 0.1) is 11.8 Å². The predicted octanol–water partition coefficient (Wildman–Crippen LogP) is 5.68. The van der Waals surface area contributed by atoms with Crippen LogP contribution in [0.1, 0.15) is 63.8 Å². The van der Waals surface area contributed by atoms with Gasteiger partial charge >= 0.3 is 0 Å². The molecule has 2 rings (SSSR count). The van der Waals surface area contributed by atoms with Gasteiger partial charge in [-0.1, -0.05) is 83.7 Å². The van der Waals surface area contributed by atoms with Crippen molar-refractivity contribution in [2.24, 2.45) is 0 Å². The molecule has 0 heterocycles. The smallest absolute Gasteiger partial charge is 0.0289 e. The lowest BCUT2D eigenvalue weighted by molar-refractivity contribution is 0.529. The Morgan fingerprint density at radius 1 is 0.636 bits per heavy atom. The van der Waals surface area contributed by atoms with Crippen LogP contribution in [0.25, 0.3) is 0 Å². The van der Waals surface area contributed by atoms with Crippen molar-refractivity contribution < 1.29 is 0 Å². The maximum absolute atomic E-state index is 3.40. The zero-order valence-electron chi connectivity index (χ0n) is 14.6. The first-order valence-corrected chi connectivity index (χ1v) is 7.90. The van der Waals surface area contributed by atoms with Crippen LogP contribution in [0.3, 0.4) is 0 Å². The van der Waals surface area contributed by atoms with Gasteiger partial charge in [-0.2, -0.15) is 0 Å². The van der Waals surface area contributed by atoms with Crippen LogP contribution in [0.15, 0.2) is 48.5 Å². The van der Waals surface area contributed by atoms with Gasteiger partial charge in [0.2, 0.25) is 0 Å². The van der Waals surface area contributed by atoms with E-state index in [1.54, 1.807) is 0 Å². The second-order valence-corrected chi connectivity index (χ2v) is 7.84. The fraction of sp³-hybridized carbons (Fsp3) is 0.364. The largest absolute Gasteiger partial charge is 0.0622 e. The SMILES string of the molecule is CC(C)(C)c1cccc(C#Cc2ccccc2)c1C(C)(C)C. The van der Waals surface area contributed by atoms with E-state index in [0.717, 1.165) is 11.1 Å². The summed E-state index contributed by atoms with van der Waals surface area (Å²) in [7, 11) is 0. The molecule has 0 unspecified atom stereocenters. The minimum absolute atomic E-state index is 0.0740. The molecule has 114 valence electrons. The van der Waals surface area contributed by atoms with Gasteiger partial charge in [-0.15, -0.1) is 0 Å². The molecule has 0 aromatic heterocycles. The lowest BCUT2D eigenvalue weighted by Crippen LogP contribution is -2.23. The molecule has 0 fully saturated rings. The molecular formula is C22H26. The number of benzene rings is 2. The van der Waals surface area contributed by atoms with E-state index in [4.69, 9.17) is 0 Å². The molecule has 22 heavy (non-hydrogen) atoms. The fourth-order valence-corrected chi connectivity index (χ4v) is 2.75. The summed E-state index contributed by atoms with van der Waals surface area (Å²) in [5.41, 5.74) is 5.15. The standard InChI is InChI=1S/C22H26/c1-21(2,3)19-14-10-13-18(20(19)22(4,5)6)16-15-17-11-8-7-9-12-17/h7-14H,1-6H3. The third-order valence-corrected chi connectivity index (χ3v) is 3.74. The third-order valence-electron chi connectivity index (χ3n) is 3.74. The molecule has 2 aromatic rings. The topological polar surface area (TPSA) is 0 Å². The Labute approximate surface area is 135 Å². The Balaban J connectivity index is 2.60. The van der Waals surface area contributed by atoms with E-state index in [1.807, 2.05) is 18.2 Å². The summed E-state index contributed by atoms with van der Waals surface area (Å²) < 4.78 is 0. The molecule has 0 aliphatic heterocycles. The van der Waals surface area contributed by atoms with Gasteiger partial charge in [0, 0.05) is 11.1 Å². The molecule has 0 amide bonds. The lowest BCUT2D eigenvalue weighted by Gasteiger charge is -2.31. The minimum Gasteiger partial charge on any atom is -0.0622 e. The highest BCUT2D eigenvalue weighted by molar-refractivity contribution is 5.53. The number of hydrogen-bond donors (Lipinski definition) is 0. The van der Waals surface area contributed by atoms with Gasteiger partial charge in [-0.25, -0.2) is 0 Å². The van der Waals surface area contributed by atoms with Crippen molar-refractivity contribution in [1.82, 2.24) is 0 Å². The first-order chi connectivity index (χ1) is 10.2. The highest BCUT2D eigenvalue weighted by Crippen LogP contribution is 2.35. The molecule has 0 N–H and O–H groups in total. The van der Waals surface area contributed by atoms with Crippen LogP contribution >= 0.6 is 0 Å². The van der Waals surface area contributed by atoms with Gasteiger partial charge < -0.3 is 0 Å². The van der Waals surface area contributed by atoms with Crippen LogP contribution in [-0.4, -0.2) is 0 Å². The van der Waals surface area contributed by atoms with Gasteiger partial charge in [-0.3, -0.25) is 0 Å². The highest BCUT2D eigenvalue weighted by atomic mass is 14.3. The molecular weight excluding hydrogens is 264 g/mol. The lowest BCUT2D eigenvalue weighted by atomic mass is 9.73. The molecule has 0 aliphatic carbocycles. The zero-order chi connectivity index (χ0) is 16.4. The van der Waals surface area contributed by atoms with Gasteiger partial charge in [0.05, 0.1) is 0 Å². The monoisotopic (exact) mass is 290 g/mol. The Kier molecular flexibility index (Phi) is 4.47. The maximum atomic E-state index is 3.40. The van der Waals surface area contributed by atoms with Crippen LogP contribution < -0.4 is 0 Å². The van der Waals surface area contributed by atoms with Crippen LogP contribution in [0.2, 0.25) is 0 Å². The molecule has 0 radical (unpaired) electrons. The summed E-state index contributed by atoms with van der Waals surface area (Å²) in [6.07, 6.45) is 0. The first-order valence-electron chi connectivity index (χ1n) is 7.90. The Bertz CT molecular complexity index is 696. The molecule has 0 heteroatoms. The Hall–Kier alpha value is -2.00. The van der Waals surface area contributed by atoms with Crippen molar-refractivity contribution in [2.75, 3.05) is 0 Å². The summed E-state index contributed by atoms with van der Waals surface area (Å²) in [5, 5.41) is 0. The van der Waals surface area contributed by atoms with E-state index >= 15 is 0 Å². The van der Waals surface area contributed by atoms with E-state index in [-0.39, 0.29) is 10.8 Å². The average molecular weight is 290 g/mol. The molecule has 0 bridgehead atoms. The Morgan fingerprint density at radius 2 is 1.27 bits per heavy atom. The van der Waals surface area contributed by atoms with Crippen molar-refractivity contribution in [3.63, 3.8) is 0 Å². The van der Waals surface area contributed by atoms with E-state index in [9.17, 15) is 0 Å². The Morgan fingerprint density at radius 3 is 1.82 bits per heavy atom. The van der Waals surface area contributed by atoms with Crippen molar-refractivity contribution in [1.29, 1.82) is 0 Å². The van der Waals surface area contributed by atoms with Gasteiger partial charge in [0.15, 0.2) is 0 Å². The van der Waals surface area contributed by atoms with Crippen LogP contribution in [-0.2, 0) is 10.8 Å². The molecule has 0 atom stereocenters. The van der Waals surface area contributed by atoms with E-state index in [2.05, 4.69) is 83.7 Å². The van der Waals surface area contributed by atoms with Gasteiger partial charge in [0.25, 0.3) is 0 Å². The van der Waals surface area contributed by atoms with Crippen molar-refractivity contribution >= 4 is 0 Å². The summed E-state index contributed by atoms with van der Waals surface area (Å²) in [4.78, 5) is 0. The molecule has 2 aromatic carbocycles. The molecule has 0 nitrogen and oxygen atoms in total. The van der Waals surface area contributed by atoms with Crippen molar-refractivity contribution in [3.05, 3.63) is 70.8 Å². The number of hydrogen-bond acceptors (Lipinski definition) is 0. The normalized spacial score (nSPS) is 11.7. The van der Waals surface area contributed by atoms with Crippen LogP contribution in [0.4, 0.5) is 0 Å². The summed E-state index contributed by atoms with van der Waals surface area (Å²) >= 11 is 0. The van der Waals surface area contributed by atoms with Gasteiger partial charge in [-0.05, 0) is 40.2 Å². The molecule has 0 spiro atoms. The third kappa shape index (κ3) is 3.80. The van der Waals surface area contributed by atoms with E-state index in [0.29, 0.717) is 0 Å². The molecule has 0 saturated carbocycles. The zero-order valence-corrected chi connectivity index (χ0v) is 14.6. The summed E-state index contributed by atoms with van der Waals surface area (Å²) in [6, 6.07) is 16.7. The second-order valence-electron chi connectivity index (χ2n) is 7.84. The fourth-order valence-electron chi connectivity index (χ4n) is 2.75. The highest BCUT2D eigenvalue weighted by Gasteiger charge is 2.26. The number of rotatable bonds is 0. The summed E-state index contributed by atoms with van der Waals surface area (Å²) in [6.45, 7) is 13.6.